The first-order valence-corrected chi connectivity index (χ1v) is 18.7. The van der Waals surface area contributed by atoms with E-state index in [0.29, 0.717) is 0 Å². The number of rotatable bonds is 6. The van der Waals surface area contributed by atoms with Crippen LogP contribution >= 0.6 is 0 Å². The summed E-state index contributed by atoms with van der Waals surface area (Å²) in [6.07, 6.45) is 0. The lowest BCUT2D eigenvalue weighted by atomic mass is 9.97. The first-order valence-electron chi connectivity index (χ1n) is 18.7. The van der Waals surface area contributed by atoms with Gasteiger partial charge >= 0.3 is 0 Å². The normalized spacial score (nSPS) is 11.6. The van der Waals surface area contributed by atoms with Gasteiger partial charge in [-0.2, -0.15) is 0 Å². The number of nitrogens with zero attached hydrogens (tertiary/aromatic N) is 1. The average Bonchev–Trinajstić information content (AvgIpc) is 3.84. The number of anilines is 3. The van der Waals surface area contributed by atoms with E-state index in [0.717, 1.165) is 77.6 Å². The Hall–Kier alpha value is -7.36. The zero-order chi connectivity index (χ0) is 36.3. The highest BCUT2D eigenvalue weighted by Gasteiger charge is 2.24. The number of para-hydroxylation sites is 3. The second kappa shape index (κ2) is 12.6. The van der Waals surface area contributed by atoms with E-state index in [1.807, 2.05) is 12.1 Å². The van der Waals surface area contributed by atoms with Crippen molar-refractivity contribution in [2.75, 3.05) is 4.90 Å². The highest BCUT2D eigenvalue weighted by molar-refractivity contribution is 6.17. The summed E-state index contributed by atoms with van der Waals surface area (Å²) in [5.74, 6) is 0. The topological polar surface area (TPSA) is 29.5 Å². The lowest BCUT2D eigenvalue weighted by Crippen LogP contribution is -2.10. The Labute approximate surface area is 317 Å². The van der Waals surface area contributed by atoms with Crippen LogP contribution in [0.5, 0.6) is 0 Å². The zero-order valence-corrected chi connectivity index (χ0v) is 29.8. The minimum atomic E-state index is 0.825. The van der Waals surface area contributed by atoms with Gasteiger partial charge in [0.25, 0.3) is 0 Å². The van der Waals surface area contributed by atoms with Gasteiger partial charge in [0, 0.05) is 27.4 Å². The Kier molecular flexibility index (Phi) is 7.17. The molecule has 0 radical (unpaired) electrons. The van der Waals surface area contributed by atoms with Crippen molar-refractivity contribution in [2.24, 2.45) is 0 Å². The summed E-state index contributed by atoms with van der Waals surface area (Å²) in [6, 6.07) is 70.8. The van der Waals surface area contributed by atoms with Crippen molar-refractivity contribution in [1.29, 1.82) is 0 Å². The van der Waals surface area contributed by atoms with E-state index in [9.17, 15) is 0 Å². The molecule has 0 aliphatic heterocycles. The second-order valence-corrected chi connectivity index (χ2v) is 14.0. The predicted molar refractivity (Wildman–Crippen MR) is 229 cm³/mol. The molecule has 2 aromatic heterocycles. The van der Waals surface area contributed by atoms with E-state index in [1.54, 1.807) is 0 Å². The van der Waals surface area contributed by atoms with Crippen molar-refractivity contribution in [3.63, 3.8) is 0 Å². The summed E-state index contributed by atoms with van der Waals surface area (Å²) in [5.41, 5.74) is 13.3. The number of hydrogen-bond donors (Lipinski definition) is 0. The highest BCUT2D eigenvalue weighted by Crippen LogP contribution is 2.48. The Morgan fingerprint density at radius 2 is 0.909 bits per heavy atom. The summed E-state index contributed by atoms with van der Waals surface area (Å²) in [6.45, 7) is 0. The molecular weight excluding hydrogens is 671 g/mol. The maximum Gasteiger partial charge on any atom is 0.159 e. The van der Waals surface area contributed by atoms with Crippen LogP contribution in [-0.2, 0) is 0 Å². The Morgan fingerprint density at radius 3 is 1.80 bits per heavy atom. The van der Waals surface area contributed by atoms with E-state index in [4.69, 9.17) is 8.83 Å². The van der Waals surface area contributed by atoms with Gasteiger partial charge in [-0.15, -0.1) is 0 Å². The smallest absolute Gasteiger partial charge is 0.159 e. The van der Waals surface area contributed by atoms with Gasteiger partial charge in [0.2, 0.25) is 0 Å². The molecule has 0 fully saturated rings. The third-order valence-corrected chi connectivity index (χ3v) is 10.9. The predicted octanol–water partition coefficient (Wildman–Crippen LogP) is 15.1. The molecule has 11 aromatic rings. The van der Waals surface area contributed by atoms with Gasteiger partial charge in [0.1, 0.15) is 16.7 Å². The summed E-state index contributed by atoms with van der Waals surface area (Å²) in [7, 11) is 0. The first-order chi connectivity index (χ1) is 27.3. The third kappa shape index (κ3) is 5.13. The number of fused-ring (bicyclic) bond motifs is 7. The summed E-state index contributed by atoms with van der Waals surface area (Å²) >= 11 is 0. The molecule has 0 N–H and O–H groups in total. The molecular formula is C52H33NO2. The molecule has 3 heteroatoms. The third-order valence-electron chi connectivity index (χ3n) is 10.9. The molecule has 0 aliphatic rings. The molecule has 0 saturated heterocycles. The van der Waals surface area contributed by atoms with Crippen LogP contribution in [-0.4, -0.2) is 0 Å². The van der Waals surface area contributed by atoms with Crippen molar-refractivity contribution < 1.29 is 8.83 Å². The van der Waals surface area contributed by atoms with Gasteiger partial charge < -0.3 is 13.7 Å². The van der Waals surface area contributed by atoms with Crippen LogP contribution in [0.4, 0.5) is 17.1 Å². The summed E-state index contributed by atoms with van der Waals surface area (Å²) < 4.78 is 13.5. The van der Waals surface area contributed by atoms with E-state index in [1.165, 1.54) is 27.5 Å². The minimum absolute atomic E-state index is 0.825. The lowest BCUT2D eigenvalue weighted by molar-refractivity contribution is 0.668. The Balaban J connectivity index is 1.14. The van der Waals surface area contributed by atoms with Gasteiger partial charge in [0.05, 0.1) is 16.8 Å². The van der Waals surface area contributed by atoms with Gasteiger partial charge in [-0.3, -0.25) is 0 Å². The number of hydrogen-bond acceptors (Lipinski definition) is 3. The monoisotopic (exact) mass is 703 g/mol. The number of furan rings is 2. The SMILES string of the molecule is c1ccc(-c2ccc(-c3cccc4c3oc3c(N(c5cccc(-c6cccc7ccccc67)c5)c5cccc6oc7ccccc7c56)cccc34)cc2)cc1. The van der Waals surface area contributed by atoms with Crippen LogP contribution in [0.15, 0.2) is 209 Å². The molecule has 2 heterocycles. The molecule has 11 rings (SSSR count). The van der Waals surface area contributed by atoms with Crippen LogP contribution in [0.3, 0.4) is 0 Å². The van der Waals surface area contributed by atoms with Crippen LogP contribution < -0.4 is 4.90 Å². The molecule has 0 unspecified atom stereocenters. The van der Waals surface area contributed by atoms with E-state index in [-0.39, 0.29) is 0 Å². The average molecular weight is 704 g/mol. The van der Waals surface area contributed by atoms with Crippen molar-refractivity contribution in [2.45, 2.75) is 0 Å². The fourth-order valence-corrected chi connectivity index (χ4v) is 8.32. The van der Waals surface area contributed by atoms with Crippen molar-refractivity contribution in [3.8, 4) is 33.4 Å². The van der Waals surface area contributed by atoms with Gasteiger partial charge in [-0.05, 0) is 75.0 Å². The van der Waals surface area contributed by atoms with E-state index < -0.39 is 0 Å². The number of benzene rings is 9. The molecule has 9 aromatic carbocycles. The molecule has 55 heavy (non-hydrogen) atoms. The maximum absolute atomic E-state index is 7.10. The molecule has 0 atom stereocenters. The zero-order valence-electron chi connectivity index (χ0n) is 29.8. The van der Waals surface area contributed by atoms with Gasteiger partial charge in [-0.25, -0.2) is 0 Å². The van der Waals surface area contributed by atoms with Crippen LogP contribution in [0.2, 0.25) is 0 Å². The molecule has 0 spiro atoms. The maximum atomic E-state index is 7.10. The van der Waals surface area contributed by atoms with Crippen LogP contribution in [0, 0.1) is 0 Å². The Bertz CT molecular complexity index is 3200. The summed E-state index contributed by atoms with van der Waals surface area (Å²) in [5, 5.41) is 6.71. The minimum Gasteiger partial charge on any atom is -0.456 e. The fraction of sp³-hybridized carbons (Fsp3) is 0. The lowest BCUT2D eigenvalue weighted by Gasteiger charge is -2.27. The molecule has 0 aliphatic carbocycles. The second-order valence-electron chi connectivity index (χ2n) is 14.0. The molecule has 0 saturated carbocycles. The van der Waals surface area contributed by atoms with Crippen molar-refractivity contribution in [1.82, 2.24) is 0 Å². The quantitative estimate of drug-likeness (QED) is 0.173. The van der Waals surface area contributed by atoms with Crippen LogP contribution in [0.1, 0.15) is 0 Å². The molecule has 0 bridgehead atoms. The van der Waals surface area contributed by atoms with Crippen LogP contribution in [0.25, 0.3) is 88.0 Å². The Morgan fingerprint density at radius 1 is 0.327 bits per heavy atom. The van der Waals surface area contributed by atoms with Gasteiger partial charge in [0.15, 0.2) is 5.58 Å². The summed E-state index contributed by atoms with van der Waals surface area (Å²) in [4.78, 5) is 2.35. The first kappa shape index (κ1) is 31.2. The highest BCUT2D eigenvalue weighted by atomic mass is 16.3. The molecule has 3 nitrogen and oxygen atoms in total. The largest absolute Gasteiger partial charge is 0.456 e. The van der Waals surface area contributed by atoms with E-state index in [2.05, 4.69) is 193 Å². The van der Waals surface area contributed by atoms with Crippen molar-refractivity contribution in [3.05, 3.63) is 200 Å². The standard InChI is InChI=1S/C52H33NO2/c1-2-13-34(14-3-1)35-29-31-37(32-30-35)42-22-10-23-43-44-24-11-26-47(52(44)55-51(42)43)53(46-25-12-28-49-50(46)45-20-6-7-27-48(45)54-49)39-18-8-17-38(33-39)41-21-9-16-36-15-4-5-19-40(36)41/h1-33H. The van der Waals surface area contributed by atoms with E-state index >= 15 is 0 Å². The molecule has 258 valence electrons. The molecule has 0 amide bonds. The van der Waals surface area contributed by atoms with Crippen molar-refractivity contribution >= 4 is 71.7 Å². The van der Waals surface area contributed by atoms with Gasteiger partial charge in [-0.1, -0.05) is 164 Å². The fourth-order valence-electron chi connectivity index (χ4n) is 8.32.